The van der Waals surface area contributed by atoms with Crippen molar-refractivity contribution in [2.45, 2.75) is 13.5 Å². The average molecular weight is 466 g/mol. The van der Waals surface area contributed by atoms with Crippen molar-refractivity contribution in [2.75, 3.05) is 23.0 Å². The van der Waals surface area contributed by atoms with Crippen molar-refractivity contribution in [1.82, 2.24) is 9.55 Å². The fraction of sp³-hybridized carbons (Fsp3) is 0.125. The van der Waals surface area contributed by atoms with E-state index in [1.54, 1.807) is 54.2 Å². The number of pyridine rings is 2. The van der Waals surface area contributed by atoms with Crippen LogP contribution < -0.4 is 21.5 Å². The minimum atomic E-state index is -0.719. The fourth-order valence-corrected chi connectivity index (χ4v) is 3.83. The lowest BCUT2D eigenvalue weighted by Gasteiger charge is -2.15. The minimum absolute atomic E-state index is 0.0559. The smallest absolute Gasteiger partial charge is 0.323 e. The van der Waals surface area contributed by atoms with Crippen LogP contribution in [0.2, 0.25) is 5.02 Å². The number of para-hydroxylation sites is 1. The lowest BCUT2D eigenvalue weighted by molar-refractivity contribution is 0.262. The molecule has 0 atom stereocenters. The SMILES string of the molecule is CCn1c(=O)c(-c2cc(NC(=O)Nc3ccccc3)c(F)cc2Cl)cc2cnc(NC)cc21. The van der Waals surface area contributed by atoms with E-state index in [1.165, 1.54) is 6.07 Å². The van der Waals surface area contributed by atoms with E-state index in [4.69, 9.17) is 11.6 Å². The van der Waals surface area contributed by atoms with Gasteiger partial charge in [0, 0.05) is 48.1 Å². The molecule has 0 aliphatic heterocycles. The second-order valence-corrected chi connectivity index (χ2v) is 7.65. The van der Waals surface area contributed by atoms with Crippen molar-refractivity contribution in [2.24, 2.45) is 0 Å². The van der Waals surface area contributed by atoms with Crippen molar-refractivity contribution >= 4 is 45.7 Å². The van der Waals surface area contributed by atoms with Crippen molar-refractivity contribution < 1.29 is 9.18 Å². The molecule has 0 unspecified atom stereocenters. The maximum absolute atomic E-state index is 14.6. The maximum Gasteiger partial charge on any atom is 0.323 e. The lowest BCUT2D eigenvalue weighted by atomic mass is 10.0. The van der Waals surface area contributed by atoms with Crippen molar-refractivity contribution in [3.05, 3.63) is 82.0 Å². The number of halogens is 2. The van der Waals surface area contributed by atoms with Gasteiger partial charge in [-0.25, -0.2) is 14.2 Å². The number of aromatic nitrogens is 2. The first-order chi connectivity index (χ1) is 15.9. The molecule has 3 N–H and O–H groups in total. The third-order valence-corrected chi connectivity index (χ3v) is 5.49. The van der Waals surface area contributed by atoms with Gasteiger partial charge in [0.25, 0.3) is 5.56 Å². The second kappa shape index (κ2) is 9.30. The van der Waals surface area contributed by atoms with Gasteiger partial charge in [-0.1, -0.05) is 29.8 Å². The van der Waals surface area contributed by atoms with Gasteiger partial charge in [0.2, 0.25) is 0 Å². The summed E-state index contributed by atoms with van der Waals surface area (Å²) in [5, 5.41) is 8.85. The molecule has 2 aromatic heterocycles. The van der Waals surface area contributed by atoms with Crippen LogP contribution in [0.1, 0.15) is 6.92 Å². The zero-order valence-corrected chi connectivity index (χ0v) is 18.7. The summed E-state index contributed by atoms with van der Waals surface area (Å²) in [5.74, 6) is -0.0866. The van der Waals surface area contributed by atoms with Crippen LogP contribution in [0, 0.1) is 5.82 Å². The fourth-order valence-electron chi connectivity index (χ4n) is 3.57. The number of hydrogen-bond donors (Lipinski definition) is 3. The quantitative estimate of drug-likeness (QED) is 0.360. The molecule has 4 rings (SSSR count). The molecule has 0 saturated carbocycles. The molecule has 2 heterocycles. The molecule has 7 nitrogen and oxygen atoms in total. The number of urea groups is 1. The van der Waals surface area contributed by atoms with Gasteiger partial charge in [0.1, 0.15) is 11.6 Å². The Labute approximate surface area is 194 Å². The van der Waals surface area contributed by atoms with Crippen LogP contribution in [0.5, 0.6) is 0 Å². The zero-order valence-electron chi connectivity index (χ0n) is 17.9. The number of nitrogens with zero attached hydrogens (tertiary/aromatic N) is 2. The highest BCUT2D eigenvalue weighted by Crippen LogP contribution is 2.32. The first kappa shape index (κ1) is 22.3. The van der Waals surface area contributed by atoms with Crippen LogP contribution in [0.3, 0.4) is 0 Å². The second-order valence-electron chi connectivity index (χ2n) is 7.24. The summed E-state index contributed by atoms with van der Waals surface area (Å²) in [7, 11) is 1.75. The van der Waals surface area contributed by atoms with E-state index in [0.29, 0.717) is 29.1 Å². The molecule has 0 aliphatic carbocycles. The van der Waals surface area contributed by atoms with Crippen LogP contribution >= 0.6 is 11.6 Å². The number of aryl methyl sites for hydroxylation is 1. The van der Waals surface area contributed by atoms with Crippen LogP contribution in [-0.2, 0) is 6.54 Å². The Kier molecular flexibility index (Phi) is 6.28. The van der Waals surface area contributed by atoms with Gasteiger partial charge < -0.3 is 20.5 Å². The van der Waals surface area contributed by atoms with Gasteiger partial charge in [-0.3, -0.25) is 4.79 Å². The summed E-state index contributed by atoms with van der Waals surface area (Å²) in [6, 6.07) is 14.0. The van der Waals surface area contributed by atoms with Gasteiger partial charge >= 0.3 is 6.03 Å². The van der Waals surface area contributed by atoms with Gasteiger partial charge in [-0.15, -0.1) is 0 Å². The number of benzene rings is 2. The molecule has 2 amide bonds. The summed E-state index contributed by atoms with van der Waals surface area (Å²) in [4.78, 5) is 30.0. The van der Waals surface area contributed by atoms with Gasteiger partial charge in [-0.05, 0) is 37.3 Å². The van der Waals surface area contributed by atoms with E-state index in [2.05, 4.69) is 20.9 Å². The largest absolute Gasteiger partial charge is 0.373 e. The monoisotopic (exact) mass is 465 g/mol. The standard InChI is InChI=1S/C24H21ClFN5O2/c1-3-31-21-12-22(27-2)28-13-14(21)9-17(23(31)32)16-10-20(19(26)11-18(16)25)30-24(33)29-15-7-5-4-6-8-15/h4-13H,3H2,1-2H3,(H,27,28)(H2,29,30,33). The first-order valence-electron chi connectivity index (χ1n) is 10.2. The van der Waals surface area contributed by atoms with Crippen molar-refractivity contribution in [3.8, 4) is 11.1 Å². The molecule has 0 spiro atoms. The molecule has 0 bridgehead atoms. The van der Waals surface area contributed by atoms with Crippen LogP contribution in [0.25, 0.3) is 22.0 Å². The molecule has 9 heteroatoms. The average Bonchev–Trinajstić information content (AvgIpc) is 2.81. The zero-order chi connectivity index (χ0) is 23.5. The van der Waals surface area contributed by atoms with Crippen LogP contribution in [0.15, 0.2) is 65.6 Å². The van der Waals surface area contributed by atoms with Crippen LogP contribution in [-0.4, -0.2) is 22.6 Å². The van der Waals surface area contributed by atoms with E-state index in [9.17, 15) is 14.0 Å². The highest BCUT2D eigenvalue weighted by Gasteiger charge is 2.17. The van der Waals surface area contributed by atoms with Gasteiger partial charge in [-0.2, -0.15) is 0 Å². The lowest BCUT2D eigenvalue weighted by Crippen LogP contribution is -2.22. The molecule has 168 valence electrons. The third kappa shape index (κ3) is 4.51. The predicted molar refractivity (Wildman–Crippen MR) is 131 cm³/mol. The molecule has 33 heavy (non-hydrogen) atoms. The van der Waals surface area contributed by atoms with E-state index in [1.807, 2.05) is 13.0 Å². The maximum atomic E-state index is 14.6. The Hall–Kier alpha value is -3.91. The summed E-state index contributed by atoms with van der Waals surface area (Å²) >= 11 is 6.33. The highest BCUT2D eigenvalue weighted by molar-refractivity contribution is 6.33. The Balaban J connectivity index is 1.77. The molecule has 0 fully saturated rings. The number of rotatable bonds is 5. The highest BCUT2D eigenvalue weighted by atomic mass is 35.5. The number of amides is 2. The number of carbonyl (C=O) groups is 1. The number of fused-ring (bicyclic) bond motifs is 1. The van der Waals surface area contributed by atoms with E-state index < -0.39 is 11.8 Å². The normalized spacial score (nSPS) is 10.8. The number of carbonyl (C=O) groups excluding carboxylic acids is 1. The molecular formula is C24H21ClFN5O2. The van der Waals surface area contributed by atoms with Crippen molar-refractivity contribution in [3.63, 3.8) is 0 Å². The number of hydrogen-bond acceptors (Lipinski definition) is 4. The summed E-state index contributed by atoms with van der Waals surface area (Å²) in [6.07, 6.45) is 1.65. The Morgan fingerprint density at radius 1 is 1.09 bits per heavy atom. The minimum Gasteiger partial charge on any atom is -0.373 e. The topological polar surface area (TPSA) is 88.1 Å². The first-order valence-corrected chi connectivity index (χ1v) is 10.6. The van der Waals surface area contributed by atoms with E-state index >= 15 is 0 Å². The predicted octanol–water partition coefficient (Wildman–Crippen LogP) is 5.56. The summed E-state index contributed by atoms with van der Waals surface area (Å²) in [6.45, 7) is 2.27. The van der Waals surface area contributed by atoms with Crippen LogP contribution in [0.4, 0.5) is 26.4 Å². The van der Waals surface area contributed by atoms with Gasteiger partial charge in [0.05, 0.1) is 16.2 Å². The van der Waals surface area contributed by atoms with Crippen molar-refractivity contribution in [1.29, 1.82) is 0 Å². The molecule has 0 radical (unpaired) electrons. The number of anilines is 3. The Morgan fingerprint density at radius 3 is 2.55 bits per heavy atom. The molecule has 2 aromatic carbocycles. The molecular weight excluding hydrogens is 445 g/mol. The molecule has 4 aromatic rings. The Morgan fingerprint density at radius 2 is 1.85 bits per heavy atom. The molecule has 0 saturated heterocycles. The molecule has 0 aliphatic rings. The summed E-state index contributed by atoms with van der Waals surface area (Å²) in [5.41, 5.74) is 1.46. The van der Waals surface area contributed by atoms with E-state index in [-0.39, 0.29) is 21.8 Å². The Bertz CT molecular complexity index is 1410. The number of nitrogens with one attached hydrogen (secondary N) is 3. The summed E-state index contributed by atoms with van der Waals surface area (Å²) < 4.78 is 16.2. The van der Waals surface area contributed by atoms with E-state index in [0.717, 1.165) is 11.5 Å². The van der Waals surface area contributed by atoms with Gasteiger partial charge in [0.15, 0.2) is 0 Å². The third-order valence-electron chi connectivity index (χ3n) is 5.18.